The molecule has 5 radical (unpaired) electrons. The summed E-state index contributed by atoms with van der Waals surface area (Å²) in [6, 6.07) is 99.9. The molecule has 0 spiro atoms. The molecule has 0 aliphatic rings. The zero-order chi connectivity index (χ0) is 81.3. The van der Waals surface area contributed by atoms with E-state index < -0.39 is 8.60 Å². The first kappa shape index (κ1) is 135. The average Bonchev–Trinajstić information content (AvgIpc) is 0.817. The number of phenols is 1. The third-order valence-electron chi connectivity index (χ3n) is 15.6. The van der Waals surface area contributed by atoms with Crippen LogP contribution in [0.15, 0.2) is 359 Å². The number of unbranched alkanes of at least 4 members (excludes halogenated alkanes) is 1. The zero-order valence-corrected chi connectivity index (χ0v) is 92.4. The first-order chi connectivity index (χ1) is 55.1. The van der Waals surface area contributed by atoms with E-state index in [1.807, 2.05) is 204 Å². The van der Waals surface area contributed by atoms with E-state index in [-0.39, 0.29) is 206 Å². The van der Waals surface area contributed by atoms with Crippen LogP contribution < -0.4 is 15.5 Å². The maximum atomic E-state index is 12.8. The summed E-state index contributed by atoms with van der Waals surface area (Å²) in [5.74, 6) is -0.0148. The van der Waals surface area contributed by atoms with Crippen LogP contribution in [0.5, 0.6) is 5.75 Å². The normalized spacial score (nSPS) is 9.18. The summed E-state index contributed by atoms with van der Waals surface area (Å²) in [6.45, 7) is 12.4. The van der Waals surface area contributed by atoms with Crippen LogP contribution in [0.2, 0.25) is 0 Å². The van der Waals surface area contributed by atoms with E-state index in [1.54, 1.807) is 97.6 Å². The van der Waals surface area contributed by atoms with Crippen molar-refractivity contribution < 1.29 is 142 Å². The number of aliphatic hydroxyl groups is 1. The van der Waals surface area contributed by atoms with Crippen LogP contribution >= 0.6 is 109 Å². The Balaban J connectivity index is -0.000000203. The number of aromatic hydroxyl groups is 1. The maximum Gasteiger partial charge on any atom is 0.332 e. The molecular formula is C95H114Cl5F4Ir5N6O5P5. The number of benzene rings is 9. The molecule has 125 heavy (non-hydrogen) atoms. The average molecular weight is 2790 g/mol. The molecule has 5 unspecified atom stereocenters. The predicted octanol–water partition coefficient (Wildman–Crippen LogP) is 26.5. The molecular weight excluding hydrogens is 2670 g/mol. The SMILES string of the molecule is CCCCC(CC)CO.CCOP(OCC)OCC.CN(C)c1ccnc(-c2ccc(F)cc2)c1.Cl.Cl.Cl.Cl.Cl.Fc1ccc(-c2ccccn2)cc1.Fc1ccc(-c2ccccn2)cc1.Fc1ccc(-c2ccccn2)cc1.Oc1ccccc1.P.P.Pc1ccccc1.Pc1ccccc1.[Ir].[Ir].[Ir].[Ir].[Ir].c1ccc(-c2ccccc2-c2ccccn2)cc1. The number of aliphatic hydroxyl groups excluding tert-OH is 1. The largest absolute Gasteiger partial charge is 0.508 e. The Morgan fingerprint density at radius 1 is 0.344 bits per heavy atom. The third kappa shape index (κ3) is 59.6. The minimum absolute atomic E-state index is 0. The van der Waals surface area contributed by atoms with Crippen LogP contribution in [-0.2, 0) is 114 Å². The minimum Gasteiger partial charge on any atom is -0.508 e. The topological polar surface area (TPSA) is 136 Å². The second-order valence-electron chi connectivity index (χ2n) is 24.3. The first-order valence-corrected chi connectivity index (χ1v) is 39.4. The van der Waals surface area contributed by atoms with Crippen molar-refractivity contribution in [1.82, 2.24) is 24.9 Å². The molecule has 0 aliphatic heterocycles. The number of rotatable bonds is 18. The number of phenolic OH excluding ortho intramolecular Hbond substituents is 1. The van der Waals surface area contributed by atoms with Gasteiger partial charge < -0.3 is 28.7 Å². The summed E-state index contributed by atoms with van der Waals surface area (Å²) in [5.41, 5.74) is 12.9. The smallest absolute Gasteiger partial charge is 0.332 e. The van der Waals surface area contributed by atoms with Crippen molar-refractivity contribution in [3.8, 4) is 73.2 Å². The van der Waals surface area contributed by atoms with Crippen LogP contribution in [0.25, 0.3) is 67.4 Å². The summed E-state index contributed by atoms with van der Waals surface area (Å²) in [4.78, 5) is 23.2. The second-order valence-corrected chi connectivity index (χ2v) is 26.9. The summed E-state index contributed by atoms with van der Waals surface area (Å²) in [5, 5.41) is 19.9. The van der Waals surface area contributed by atoms with Crippen molar-refractivity contribution in [3.05, 3.63) is 382 Å². The molecule has 5 atom stereocenters. The van der Waals surface area contributed by atoms with Crippen molar-refractivity contribution >= 4 is 125 Å². The van der Waals surface area contributed by atoms with Gasteiger partial charge in [-0.05, 0) is 225 Å². The second kappa shape index (κ2) is 85.5. The molecule has 0 saturated heterocycles. The minimum atomic E-state index is -1.06. The maximum absolute atomic E-state index is 12.8. The van der Waals surface area contributed by atoms with E-state index in [9.17, 15) is 17.6 Å². The summed E-state index contributed by atoms with van der Waals surface area (Å²) in [7, 11) is 8.15. The van der Waals surface area contributed by atoms with Gasteiger partial charge in [-0.25, -0.2) is 17.6 Å². The Kier molecular flexibility index (Phi) is 92.5. The zero-order valence-electron chi connectivity index (χ0n) is 70.3. The number of anilines is 1. The number of para-hydroxylation sites is 1. The number of hydrogen-bond acceptors (Lipinski definition) is 11. The quantitative estimate of drug-likeness (QED) is 0.0628. The van der Waals surface area contributed by atoms with Crippen molar-refractivity contribution in [2.45, 2.75) is 60.3 Å². The van der Waals surface area contributed by atoms with Crippen molar-refractivity contribution in [2.24, 2.45) is 5.92 Å². The van der Waals surface area contributed by atoms with Crippen molar-refractivity contribution in [3.63, 3.8) is 0 Å². The Labute approximate surface area is 850 Å². The molecule has 5 aromatic heterocycles. The molecule has 0 saturated carbocycles. The molecule has 14 rings (SSSR count). The predicted molar refractivity (Wildman–Crippen MR) is 528 cm³/mol. The van der Waals surface area contributed by atoms with Gasteiger partial charge in [0, 0.05) is 186 Å². The van der Waals surface area contributed by atoms with Crippen LogP contribution in [-0.4, -0.2) is 75.7 Å². The van der Waals surface area contributed by atoms with Gasteiger partial charge in [-0.2, -0.15) is 19.8 Å². The van der Waals surface area contributed by atoms with E-state index in [4.69, 9.17) is 23.8 Å². The van der Waals surface area contributed by atoms with E-state index in [2.05, 4.69) is 106 Å². The fraction of sp³-hybridized carbons (Fsp3) is 0.168. The van der Waals surface area contributed by atoms with Gasteiger partial charge in [0.15, 0.2) is 0 Å². The van der Waals surface area contributed by atoms with E-state index in [0.717, 1.165) is 62.8 Å². The van der Waals surface area contributed by atoms with Crippen LogP contribution in [0.3, 0.4) is 0 Å². The van der Waals surface area contributed by atoms with Gasteiger partial charge in [-0.15, -0.1) is 80.5 Å². The summed E-state index contributed by atoms with van der Waals surface area (Å²) in [6.07, 6.45) is 13.6. The molecule has 9 aromatic carbocycles. The van der Waals surface area contributed by atoms with E-state index in [0.29, 0.717) is 38.1 Å². The van der Waals surface area contributed by atoms with Gasteiger partial charge in [-0.3, -0.25) is 24.9 Å². The molecule has 5 heterocycles. The van der Waals surface area contributed by atoms with Gasteiger partial charge in [0.05, 0.1) is 48.3 Å². The number of aromatic nitrogens is 5. The number of nitrogens with zero attached hydrogens (tertiary/aromatic N) is 6. The van der Waals surface area contributed by atoms with Crippen molar-refractivity contribution in [2.75, 3.05) is 45.4 Å². The van der Waals surface area contributed by atoms with Gasteiger partial charge in [0.2, 0.25) is 0 Å². The molecule has 0 fully saturated rings. The van der Waals surface area contributed by atoms with Crippen LogP contribution in [0.1, 0.15) is 60.3 Å². The van der Waals surface area contributed by atoms with Gasteiger partial charge in [-0.1, -0.05) is 191 Å². The number of hydrogen-bond donors (Lipinski definition) is 2. The van der Waals surface area contributed by atoms with Crippen molar-refractivity contribution in [1.29, 1.82) is 0 Å². The first-order valence-electron chi connectivity index (χ1n) is 37.2. The van der Waals surface area contributed by atoms with Gasteiger partial charge in [0.1, 0.15) is 29.0 Å². The third-order valence-corrected chi connectivity index (χ3v) is 17.8. The fourth-order valence-corrected chi connectivity index (χ4v) is 11.0. The molecule has 0 amide bonds. The molecule has 0 bridgehead atoms. The fourth-order valence-electron chi connectivity index (χ4n) is 9.72. The molecule has 14 aromatic rings. The van der Waals surface area contributed by atoms with E-state index in [1.165, 1.54) is 95.1 Å². The molecule has 30 heteroatoms. The monoisotopic (exact) mass is 2790 g/mol. The van der Waals surface area contributed by atoms with Crippen LogP contribution in [0.4, 0.5) is 23.2 Å². The molecule has 687 valence electrons. The Bertz CT molecular complexity index is 4370. The number of halogens is 9. The molecule has 11 nitrogen and oxygen atoms in total. The standard InChI is InChI=1S/C17H13N.C13H13FN2.3C11H8FN.C8H18O.C6H15O3P.C6H6O.2C6H7P.5ClH.5Ir.2H3P/c1-2-8-14(9-3-1)15-10-4-5-11-16(15)17-12-6-7-13-18-17;1-16(2)12-7-8-15-13(9-12)10-3-5-11(14)6-4-10;3*12-10-6-4-9(5-7-10)11-3-1-2-8-13-11;1-3-5-6-8(4-2)7-9;1-4-7-10(8-5-2)9-6-3;3*7-6-4-2-1-3-5-6;;;;;;;;;;;;/h1-13H;3-9H,1-2H3;3*1-8H;8-9H,3-7H2,1-2H3;4-6H2,1-3H3;1-5,7H;2*1-5H,7H2;5*1H;;;;;;2*1H3. The van der Waals surface area contributed by atoms with Gasteiger partial charge in [0.25, 0.3) is 0 Å². The van der Waals surface area contributed by atoms with Gasteiger partial charge >= 0.3 is 8.60 Å². The summed E-state index contributed by atoms with van der Waals surface area (Å²) >= 11 is 0. The van der Waals surface area contributed by atoms with Crippen LogP contribution in [0, 0.1) is 29.2 Å². The Morgan fingerprint density at radius 2 is 0.632 bits per heavy atom. The molecule has 2 N–H and O–H groups in total. The van der Waals surface area contributed by atoms with E-state index >= 15 is 0 Å². The molecule has 0 aliphatic carbocycles. The Hall–Kier alpha value is -5.26. The summed E-state index contributed by atoms with van der Waals surface area (Å²) < 4.78 is 66.0. The Morgan fingerprint density at radius 3 is 0.896 bits per heavy atom. The number of pyridine rings is 5.